The predicted octanol–water partition coefficient (Wildman–Crippen LogP) is -0.711. The van der Waals surface area contributed by atoms with E-state index in [1.54, 1.807) is 4.90 Å². The van der Waals surface area contributed by atoms with Crippen LogP contribution >= 0.6 is 0 Å². The van der Waals surface area contributed by atoms with E-state index in [9.17, 15) is 9.59 Å². The molecule has 0 saturated carbocycles. The Morgan fingerprint density at radius 3 is 2.69 bits per heavy atom. The van der Waals surface area contributed by atoms with Gasteiger partial charge in [-0.1, -0.05) is 13.3 Å². The highest BCUT2D eigenvalue weighted by molar-refractivity contribution is 5.95. The number of likely N-dealkylation sites (tertiary alicyclic amines) is 1. The normalized spacial score (nSPS) is 16.6. The van der Waals surface area contributed by atoms with E-state index in [-0.39, 0.29) is 18.6 Å². The van der Waals surface area contributed by atoms with Crippen molar-refractivity contribution in [2.45, 2.75) is 25.9 Å². The van der Waals surface area contributed by atoms with E-state index in [4.69, 9.17) is 5.11 Å². The summed E-state index contributed by atoms with van der Waals surface area (Å²) in [5, 5.41) is 13.8. The minimum atomic E-state index is -0.445. The monoisotopic (exact) mass is 229 g/mol. The third kappa shape index (κ3) is 4.59. The molecule has 3 N–H and O–H groups in total. The van der Waals surface area contributed by atoms with E-state index in [2.05, 4.69) is 10.6 Å². The molecule has 6 heteroatoms. The molecule has 0 radical (unpaired) electrons. The number of imide groups is 1. The van der Waals surface area contributed by atoms with Crippen LogP contribution in [0.25, 0.3) is 0 Å². The lowest BCUT2D eigenvalue weighted by Crippen LogP contribution is -2.55. The first-order valence-electron chi connectivity index (χ1n) is 5.60. The van der Waals surface area contributed by atoms with Gasteiger partial charge in [-0.2, -0.15) is 0 Å². The molecule has 3 amide bonds. The summed E-state index contributed by atoms with van der Waals surface area (Å²) < 4.78 is 0. The van der Waals surface area contributed by atoms with Gasteiger partial charge >= 0.3 is 6.03 Å². The minimum absolute atomic E-state index is 0.165. The first-order valence-corrected chi connectivity index (χ1v) is 5.60. The molecule has 6 nitrogen and oxygen atoms in total. The molecule has 0 atom stereocenters. The minimum Gasteiger partial charge on any atom is -0.390 e. The van der Waals surface area contributed by atoms with Crippen LogP contribution in [0.4, 0.5) is 4.79 Å². The number of rotatable bonds is 5. The number of nitrogens with one attached hydrogen (secondary N) is 2. The number of carbonyl (C=O) groups excluding carboxylic acids is 2. The van der Waals surface area contributed by atoms with Gasteiger partial charge in [0.2, 0.25) is 5.91 Å². The van der Waals surface area contributed by atoms with Crippen molar-refractivity contribution in [3.63, 3.8) is 0 Å². The summed E-state index contributed by atoms with van der Waals surface area (Å²) in [6, 6.07) is -0.445. The SMILES string of the molecule is CCCCNC(=O)NC(=O)CN1CC(O)C1. The summed E-state index contributed by atoms with van der Waals surface area (Å²) in [6.45, 7) is 3.78. The van der Waals surface area contributed by atoms with Crippen molar-refractivity contribution < 1.29 is 14.7 Å². The zero-order valence-electron chi connectivity index (χ0n) is 9.53. The van der Waals surface area contributed by atoms with Crippen LogP contribution in [0.15, 0.2) is 0 Å². The number of nitrogens with zero attached hydrogens (tertiary/aromatic N) is 1. The van der Waals surface area contributed by atoms with Gasteiger partial charge in [-0.05, 0) is 6.42 Å². The Morgan fingerprint density at radius 2 is 2.12 bits per heavy atom. The molecular formula is C10H19N3O3. The number of amides is 3. The van der Waals surface area contributed by atoms with Crippen LogP contribution < -0.4 is 10.6 Å². The molecule has 1 rings (SSSR count). The highest BCUT2D eigenvalue weighted by Gasteiger charge is 2.26. The molecule has 0 spiro atoms. The lowest BCUT2D eigenvalue weighted by atomic mass is 10.2. The second kappa shape index (κ2) is 6.44. The van der Waals surface area contributed by atoms with Gasteiger partial charge in [-0.15, -0.1) is 0 Å². The van der Waals surface area contributed by atoms with Crippen LogP contribution in [0, 0.1) is 0 Å². The van der Waals surface area contributed by atoms with Gasteiger partial charge in [0.15, 0.2) is 0 Å². The van der Waals surface area contributed by atoms with Gasteiger partial charge < -0.3 is 10.4 Å². The fraction of sp³-hybridized carbons (Fsp3) is 0.800. The number of aliphatic hydroxyl groups excluding tert-OH is 1. The molecule has 0 aromatic carbocycles. The number of aliphatic hydroxyl groups is 1. The third-order valence-electron chi connectivity index (χ3n) is 2.37. The number of hydrogen-bond donors (Lipinski definition) is 3. The van der Waals surface area contributed by atoms with Gasteiger partial charge in [0.05, 0.1) is 12.6 Å². The summed E-state index contributed by atoms with van der Waals surface area (Å²) in [5.41, 5.74) is 0. The van der Waals surface area contributed by atoms with E-state index < -0.39 is 6.03 Å². The number of unbranched alkanes of at least 4 members (excludes halogenated alkanes) is 1. The Morgan fingerprint density at radius 1 is 1.44 bits per heavy atom. The van der Waals surface area contributed by atoms with E-state index >= 15 is 0 Å². The largest absolute Gasteiger partial charge is 0.390 e. The molecule has 0 aliphatic carbocycles. The van der Waals surface area contributed by atoms with Crippen molar-refractivity contribution >= 4 is 11.9 Å². The molecule has 1 saturated heterocycles. The first kappa shape index (κ1) is 12.9. The van der Waals surface area contributed by atoms with E-state index in [1.807, 2.05) is 6.92 Å². The maximum atomic E-state index is 11.3. The molecule has 0 bridgehead atoms. The maximum absolute atomic E-state index is 11.3. The van der Waals surface area contributed by atoms with Gasteiger partial charge in [0.25, 0.3) is 0 Å². The summed E-state index contributed by atoms with van der Waals surface area (Å²) in [7, 11) is 0. The van der Waals surface area contributed by atoms with Gasteiger partial charge in [-0.25, -0.2) is 4.79 Å². The van der Waals surface area contributed by atoms with E-state index in [0.29, 0.717) is 19.6 Å². The zero-order valence-corrected chi connectivity index (χ0v) is 9.53. The standard InChI is InChI=1S/C10H19N3O3/c1-2-3-4-11-10(16)12-9(15)7-13-5-8(14)6-13/h8,14H,2-7H2,1H3,(H2,11,12,15,16). The smallest absolute Gasteiger partial charge is 0.321 e. The average Bonchev–Trinajstić information content (AvgIpc) is 2.15. The topological polar surface area (TPSA) is 81.7 Å². The van der Waals surface area contributed by atoms with Crippen molar-refractivity contribution in [3.8, 4) is 0 Å². The van der Waals surface area contributed by atoms with Gasteiger partial charge in [0, 0.05) is 19.6 Å². The van der Waals surface area contributed by atoms with E-state index in [1.165, 1.54) is 0 Å². The molecular weight excluding hydrogens is 210 g/mol. The number of carbonyl (C=O) groups is 2. The molecule has 0 aromatic heterocycles. The Hall–Kier alpha value is -1.14. The summed E-state index contributed by atoms with van der Waals surface area (Å²) >= 11 is 0. The van der Waals surface area contributed by atoms with Crippen LogP contribution in [-0.2, 0) is 4.79 Å². The predicted molar refractivity (Wildman–Crippen MR) is 58.9 cm³/mol. The molecule has 0 unspecified atom stereocenters. The Bertz CT molecular complexity index is 252. The second-order valence-corrected chi connectivity index (χ2v) is 4.01. The summed E-state index contributed by atoms with van der Waals surface area (Å²) in [4.78, 5) is 24.2. The van der Waals surface area contributed by atoms with E-state index in [0.717, 1.165) is 12.8 Å². The van der Waals surface area contributed by atoms with Crippen molar-refractivity contribution in [1.29, 1.82) is 0 Å². The lowest BCUT2D eigenvalue weighted by molar-refractivity contribution is -0.123. The summed E-state index contributed by atoms with van der Waals surface area (Å²) in [6.07, 6.45) is 1.57. The zero-order chi connectivity index (χ0) is 12.0. The molecule has 1 aliphatic rings. The van der Waals surface area contributed by atoms with Crippen LogP contribution in [0.2, 0.25) is 0 Å². The van der Waals surface area contributed by atoms with Crippen molar-refractivity contribution in [2.24, 2.45) is 0 Å². The molecule has 1 aliphatic heterocycles. The molecule has 1 fully saturated rings. The van der Waals surface area contributed by atoms with Gasteiger partial charge in [0.1, 0.15) is 0 Å². The molecule has 16 heavy (non-hydrogen) atoms. The lowest BCUT2D eigenvalue weighted by Gasteiger charge is -2.34. The number of urea groups is 1. The van der Waals surface area contributed by atoms with Crippen molar-refractivity contribution in [1.82, 2.24) is 15.5 Å². The molecule has 1 heterocycles. The molecule has 92 valence electrons. The highest BCUT2D eigenvalue weighted by atomic mass is 16.3. The van der Waals surface area contributed by atoms with Crippen LogP contribution in [0.3, 0.4) is 0 Å². The highest BCUT2D eigenvalue weighted by Crippen LogP contribution is 2.05. The van der Waals surface area contributed by atoms with Gasteiger partial charge in [-0.3, -0.25) is 15.0 Å². The second-order valence-electron chi connectivity index (χ2n) is 4.01. The number of hydrogen-bond acceptors (Lipinski definition) is 4. The average molecular weight is 229 g/mol. The molecule has 0 aromatic rings. The quantitative estimate of drug-likeness (QED) is 0.544. The Labute approximate surface area is 95.0 Å². The van der Waals surface area contributed by atoms with Crippen LogP contribution in [0.5, 0.6) is 0 Å². The first-order chi connectivity index (χ1) is 7.61. The maximum Gasteiger partial charge on any atom is 0.321 e. The summed E-state index contributed by atoms with van der Waals surface area (Å²) in [5.74, 6) is -0.333. The van der Waals surface area contributed by atoms with Crippen LogP contribution in [0.1, 0.15) is 19.8 Å². The fourth-order valence-electron chi connectivity index (χ4n) is 1.46. The number of β-amino-alcohol motifs (C(OH)–C–C–N with tert-alkyl or cyclic N) is 1. The Kier molecular flexibility index (Phi) is 5.21. The van der Waals surface area contributed by atoms with Crippen LogP contribution in [-0.4, -0.2) is 54.2 Å². The third-order valence-corrected chi connectivity index (χ3v) is 2.37. The Balaban J connectivity index is 2.06. The van der Waals surface area contributed by atoms with Crippen molar-refractivity contribution in [3.05, 3.63) is 0 Å². The van der Waals surface area contributed by atoms with Crippen molar-refractivity contribution in [2.75, 3.05) is 26.2 Å². The fourth-order valence-corrected chi connectivity index (χ4v) is 1.46.